The Morgan fingerprint density at radius 1 is 0.892 bits per heavy atom. The highest BCUT2D eigenvalue weighted by atomic mass is 19.4. The van der Waals surface area contributed by atoms with Gasteiger partial charge in [-0.15, -0.1) is 0 Å². The molecular formula is C25H18F5N5O2. The number of rotatable bonds is 8. The summed E-state index contributed by atoms with van der Waals surface area (Å²) in [6, 6.07) is 16.7. The van der Waals surface area contributed by atoms with Crippen LogP contribution >= 0.6 is 0 Å². The number of nitrogens with one attached hydrogen (secondary N) is 2. The summed E-state index contributed by atoms with van der Waals surface area (Å²) in [4.78, 5) is 24.2. The molecule has 2 N–H and O–H groups in total. The maximum Gasteiger partial charge on any atom is 0.422 e. The number of carbonyl (C=O) groups is 1. The molecule has 7 nitrogen and oxygen atoms in total. The first-order valence-electron chi connectivity index (χ1n) is 10.8. The van der Waals surface area contributed by atoms with Crippen LogP contribution in [0.25, 0.3) is 11.4 Å². The third-order valence-corrected chi connectivity index (χ3v) is 4.84. The predicted molar refractivity (Wildman–Crippen MR) is 125 cm³/mol. The van der Waals surface area contributed by atoms with Gasteiger partial charge in [0.05, 0.1) is 5.56 Å². The summed E-state index contributed by atoms with van der Waals surface area (Å²) in [5.74, 6) is -2.23. The van der Waals surface area contributed by atoms with Gasteiger partial charge in [-0.25, -0.2) is 8.78 Å². The number of anilines is 2. The minimum atomic E-state index is -4.67. The summed E-state index contributed by atoms with van der Waals surface area (Å²) in [6.07, 6.45) is -4.67. The first kappa shape index (κ1) is 25.5. The fourth-order valence-corrected chi connectivity index (χ4v) is 3.12. The Hall–Kier alpha value is -4.61. The lowest BCUT2D eigenvalue weighted by Crippen LogP contribution is -2.20. The van der Waals surface area contributed by atoms with Crippen LogP contribution in [0.5, 0.6) is 6.01 Å². The fourth-order valence-electron chi connectivity index (χ4n) is 3.12. The van der Waals surface area contributed by atoms with Crippen molar-refractivity contribution in [2.75, 3.05) is 17.2 Å². The van der Waals surface area contributed by atoms with Gasteiger partial charge in [-0.2, -0.15) is 28.1 Å². The topological polar surface area (TPSA) is 89.0 Å². The van der Waals surface area contributed by atoms with Gasteiger partial charge >= 0.3 is 12.2 Å². The minimum Gasteiger partial charge on any atom is -0.454 e. The first-order valence-corrected chi connectivity index (χ1v) is 10.8. The van der Waals surface area contributed by atoms with E-state index in [1.165, 1.54) is 36.4 Å². The van der Waals surface area contributed by atoms with Crippen LogP contribution in [0.1, 0.15) is 15.9 Å². The van der Waals surface area contributed by atoms with E-state index in [-0.39, 0.29) is 29.6 Å². The van der Waals surface area contributed by atoms with E-state index in [1.54, 1.807) is 30.3 Å². The molecule has 0 spiro atoms. The zero-order valence-corrected chi connectivity index (χ0v) is 18.9. The summed E-state index contributed by atoms with van der Waals surface area (Å²) in [5, 5.41) is 5.40. The van der Waals surface area contributed by atoms with Crippen molar-refractivity contribution in [2.45, 2.75) is 12.7 Å². The van der Waals surface area contributed by atoms with Crippen molar-refractivity contribution in [3.63, 3.8) is 0 Å². The molecule has 4 rings (SSSR count). The molecule has 12 heteroatoms. The van der Waals surface area contributed by atoms with E-state index in [4.69, 9.17) is 0 Å². The molecule has 1 aromatic heterocycles. The van der Waals surface area contributed by atoms with Crippen LogP contribution in [0.15, 0.2) is 72.8 Å². The molecular weight excluding hydrogens is 497 g/mol. The molecule has 0 aliphatic carbocycles. The molecule has 1 amide bonds. The van der Waals surface area contributed by atoms with E-state index in [0.717, 1.165) is 6.07 Å². The Labute approximate surface area is 207 Å². The molecule has 0 fully saturated rings. The van der Waals surface area contributed by atoms with E-state index >= 15 is 0 Å². The molecule has 0 saturated carbocycles. The van der Waals surface area contributed by atoms with Gasteiger partial charge in [0.1, 0.15) is 11.6 Å². The van der Waals surface area contributed by atoms with Crippen LogP contribution < -0.4 is 15.4 Å². The molecule has 0 radical (unpaired) electrons. The molecule has 0 aliphatic rings. The summed E-state index contributed by atoms with van der Waals surface area (Å²) in [7, 11) is 0. The molecule has 3 aromatic carbocycles. The van der Waals surface area contributed by atoms with Crippen LogP contribution in [0, 0.1) is 11.6 Å². The molecule has 0 unspecified atom stereocenters. The second-order valence-electron chi connectivity index (χ2n) is 7.66. The highest BCUT2D eigenvalue weighted by molar-refractivity contribution is 6.04. The Morgan fingerprint density at radius 3 is 2.32 bits per heavy atom. The number of hydrogen-bond donors (Lipinski definition) is 2. The molecule has 0 atom stereocenters. The van der Waals surface area contributed by atoms with Crippen molar-refractivity contribution < 1.29 is 31.5 Å². The molecule has 4 aromatic rings. The summed E-state index contributed by atoms with van der Waals surface area (Å²) < 4.78 is 70.7. The molecule has 190 valence electrons. The molecule has 0 bridgehead atoms. The zero-order valence-electron chi connectivity index (χ0n) is 18.9. The van der Waals surface area contributed by atoms with Gasteiger partial charge in [-0.3, -0.25) is 4.79 Å². The van der Waals surface area contributed by atoms with Crippen LogP contribution in [-0.2, 0) is 6.54 Å². The van der Waals surface area contributed by atoms with E-state index in [1.807, 2.05) is 0 Å². The van der Waals surface area contributed by atoms with E-state index < -0.39 is 36.3 Å². The van der Waals surface area contributed by atoms with E-state index in [9.17, 15) is 26.7 Å². The number of carbonyl (C=O) groups excluding carboxylic acids is 1. The van der Waals surface area contributed by atoms with Crippen molar-refractivity contribution in [1.29, 1.82) is 0 Å². The van der Waals surface area contributed by atoms with Crippen LogP contribution in [-0.4, -0.2) is 33.6 Å². The summed E-state index contributed by atoms with van der Waals surface area (Å²) >= 11 is 0. The second-order valence-corrected chi connectivity index (χ2v) is 7.66. The second kappa shape index (κ2) is 11.0. The van der Waals surface area contributed by atoms with Crippen molar-refractivity contribution in [2.24, 2.45) is 0 Å². The van der Waals surface area contributed by atoms with Crippen molar-refractivity contribution >= 4 is 17.5 Å². The molecule has 0 saturated heterocycles. The number of aromatic nitrogens is 3. The predicted octanol–water partition coefficient (Wildman–Crippen LogP) is 5.62. The fraction of sp³-hybridized carbons (Fsp3) is 0.120. The van der Waals surface area contributed by atoms with Gasteiger partial charge in [-0.05, 0) is 48.0 Å². The largest absolute Gasteiger partial charge is 0.454 e. The average Bonchev–Trinajstić information content (AvgIpc) is 2.88. The average molecular weight is 515 g/mol. The minimum absolute atomic E-state index is 0.0814. The van der Waals surface area contributed by atoms with Gasteiger partial charge in [0, 0.05) is 17.8 Å². The normalized spacial score (nSPS) is 11.2. The Kier molecular flexibility index (Phi) is 7.56. The maximum atomic E-state index is 14.8. The highest BCUT2D eigenvalue weighted by Crippen LogP contribution is 2.26. The number of hydrogen-bond acceptors (Lipinski definition) is 6. The number of alkyl halides is 3. The Bertz CT molecular complexity index is 1380. The van der Waals surface area contributed by atoms with Crippen molar-refractivity contribution in [3.05, 3.63) is 95.6 Å². The number of nitrogens with zero attached hydrogens (tertiary/aromatic N) is 3. The lowest BCUT2D eigenvalue weighted by Gasteiger charge is -2.12. The van der Waals surface area contributed by atoms with Gasteiger partial charge in [-0.1, -0.05) is 30.3 Å². The van der Waals surface area contributed by atoms with Gasteiger partial charge in [0.2, 0.25) is 5.95 Å². The number of ether oxygens (including phenoxy) is 1. The van der Waals surface area contributed by atoms with Crippen LogP contribution in [0.4, 0.5) is 33.6 Å². The lowest BCUT2D eigenvalue weighted by atomic mass is 10.1. The standard InChI is InChI=1S/C25H18F5N5O2/c26-17-8-6-15(7-9-17)13-31-23-33-21(34-24(35-23)37-14-25(28,29)30)19-12-18(10-11-20(19)27)32-22(36)16-4-2-1-3-5-16/h1-12H,13-14H2,(H,32,36)(H,31,33,34,35). The zero-order chi connectivity index (χ0) is 26.4. The van der Waals surface area contributed by atoms with E-state index in [2.05, 4.69) is 30.3 Å². The van der Waals surface area contributed by atoms with Gasteiger partial charge in [0.15, 0.2) is 12.4 Å². The van der Waals surface area contributed by atoms with Gasteiger partial charge in [0.25, 0.3) is 5.91 Å². The number of benzene rings is 3. The molecule has 0 aliphatic heterocycles. The van der Waals surface area contributed by atoms with Crippen LogP contribution in [0.2, 0.25) is 0 Å². The maximum absolute atomic E-state index is 14.8. The Morgan fingerprint density at radius 2 is 1.62 bits per heavy atom. The summed E-state index contributed by atoms with van der Waals surface area (Å²) in [5.41, 5.74) is 0.973. The van der Waals surface area contributed by atoms with Crippen molar-refractivity contribution in [3.8, 4) is 17.4 Å². The highest BCUT2D eigenvalue weighted by Gasteiger charge is 2.29. The quantitative estimate of drug-likeness (QED) is 0.296. The van der Waals surface area contributed by atoms with Crippen molar-refractivity contribution in [1.82, 2.24) is 15.0 Å². The lowest BCUT2D eigenvalue weighted by molar-refractivity contribution is -0.154. The number of halogens is 5. The number of amides is 1. The first-order chi connectivity index (χ1) is 17.7. The third-order valence-electron chi connectivity index (χ3n) is 4.84. The third kappa shape index (κ3) is 7.19. The smallest absolute Gasteiger partial charge is 0.422 e. The molecule has 1 heterocycles. The van der Waals surface area contributed by atoms with E-state index in [0.29, 0.717) is 11.1 Å². The Balaban J connectivity index is 1.63. The van der Waals surface area contributed by atoms with Gasteiger partial charge < -0.3 is 15.4 Å². The SMILES string of the molecule is O=C(Nc1ccc(F)c(-c2nc(NCc3ccc(F)cc3)nc(OCC(F)(F)F)n2)c1)c1ccccc1. The van der Waals surface area contributed by atoms with Crippen LogP contribution in [0.3, 0.4) is 0 Å². The monoisotopic (exact) mass is 515 g/mol. The summed E-state index contributed by atoms with van der Waals surface area (Å²) in [6.45, 7) is -1.60. The molecule has 37 heavy (non-hydrogen) atoms.